The van der Waals surface area contributed by atoms with Crippen molar-refractivity contribution in [1.29, 1.82) is 0 Å². The molecule has 2 aromatic carbocycles. The molecule has 80 valence electrons. The summed E-state index contributed by atoms with van der Waals surface area (Å²) in [6, 6.07) is 12.4. The fourth-order valence-corrected chi connectivity index (χ4v) is 2.48. The largest absolute Gasteiger partial charge is 0.456 e. The summed E-state index contributed by atoms with van der Waals surface area (Å²) in [5.74, 6) is 0.749. The Bertz CT molecular complexity index is 667. The Labute approximate surface area is 99.5 Å². The van der Waals surface area contributed by atoms with Gasteiger partial charge in [0.25, 0.3) is 0 Å². The van der Waals surface area contributed by atoms with Crippen molar-refractivity contribution in [2.75, 3.05) is 0 Å². The summed E-state index contributed by atoms with van der Waals surface area (Å²) in [7, 11) is 0. The van der Waals surface area contributed by atoms with E-state index in [1.807, 2.05) is 18.2 Å². The van der Waals surface area contributed by atoms with Crippen LogP contribution in [0.25, 0.3) is 21.9 Å². The minimum absolute atomic E-state index is 0.749. The number of furan rings is 1. The van der Waals surface area contributed by atoms with Crippen LogP contribution < -0.4 is 0 Å². The van der Waals surface area contributed by atoms with E-state index in [-0.39, 0.29) is 0 Å². The van der Waals surface area contributed by atoms with Gasteiger partial charge in [0.05, 0.1) is 0 Å². The first-order valence-electron chi connectivity index (χ1n) is 5.32. The molecule has 1 aromatic heterocycles. The number of benzene rings is 2. The summed E-state index contributed by atoms with van der Waals surface area (Å²) >= 11 is 4.33. The highest BCUT2D eigenvalue weighted by atomic mass is 32.1. The topological polar surface area (TPSA) is 13.1 Å². The monoisotopic (exact) mass is 228 g/mol. The van der Waals surface area contributed by atoms with Crippen LogP contribution in [-0.2, 0) is 5.75 Å². The van der Waals surface area contributed by atoms with E-state index in [4.69, 9.17) is 4.42 Å². The number of hydrogen-bond donors (Lipinski definition) is 1. The van der Waals surface area contributed by atoms with Gasteiger partial charge in [-0.15, -0.1) is 0 Å². The summed E-state index contributed by atoms with van der Waals surface area (Å²) in [5.41, 5.74) is 4.38. The minimum Gasteiger partial charge on any atom is -0.456 e. The van der Waals surface area contributed by atoms with Crippen molar-refractivity contribution >= 4 is 34.6 Å². The van der Waals surface area contributed by atoms with Gasteiger partial charge in [0.15, 0.2) is 0 Å². The SMILES string of the molecule is Cc1c(CS)ccc2c1oc1ccccc12. The van der Waals surface area contributed by atoms with Crippen LogP contribution in [0.3, 0.4) is 0 Å². The molecule has 1 heterocycles. The Kier molecular flexibility index (Phi) is 2.18. The zero-order chi connectivity index (χ0) is 11.1. The van der Waals surface area contributed by atoms with Gasteiger partial charge in [0, 0.05) is 16.5 Å². The molecule has 2 heteroatoms. The number of rotatable bonds is 1. The Morgan fingerprint density at radius 3 is 2.69 bits per heavy atom. The quantitative estimate of drug-likeness (QED) is 0.612. The molecule has 0 atom stereocenters. The molecule has 0 spiro atoms. The molecular formula is C14H12OS. The third-order valence-corrected chi connectivity index (χ3v) is 3.42. The smallest absolute Gasteiger partial charge is 0.138 e. The summed E-state index contributed by atoms with van der Waals surface area (Å²) in [6.45, 7) is 2.09. The molecule has 0 fully saturated rings. The average Bonchev–Trinajstić information content (AvgIpc) is 2.69. The molecule has 1 nitrogen and oxygen atoms in total. The second-order valence-corrected chi connectivity index (χ2v) is 4.30. The second kappa shape index (κ2) is 3.56. The molecule has 0 radical (unpaired) electrons. The van der Waals surface area contributed by atoms with Crippen LogP contribution in [0.15, 0.2) is 40.8 Å². The third kappa shape index (κ3) is 1.26. The van der Waals surface area contributed by atoms with Gasteiger partial charge in [-0.05, 0) is 24.1 Å². The Hall–Kier alpha value is -1.41. The van der Waals surface area contributed by atoms with Gasteiger partial charge in [0.2, 0.25) is 0 Å². The number of hydrogen-bond acceptors (Lipinski definition) is 2. The first-order valence-corrected chi connectivity index (χ1v) is 5.95. The van der Waals surface area contributed by atoms with Gasteiger partial charge >= 0.3 is 0 Å². The van der Waals surface area contributed by atoms with Crippen LogP contribution in [-0.4, -0.2) is 0 Å². The highest BCUT2D eigenvalue weighted by molar-refractivity contribution is 7.79. The maximum absolute atomic E-state index is 5.89. The van der Waals surface area contributed by atoms with Crippen molar-refractivity contribution in [3.63, 3.8) is 0 Å². The van der Waals surface area contributed by atoms with E-state index in [0.717, 1.165) is 16.9 Å². The predicted molar refractivity (Wildman–Crippen MR) is 71.1 cm³/mol. The minimum atomic E-state index is 0.749. The van der Waals surface area contributed by atoms with E-state index in [1.54, 1.807) is 0 Å². The van der Waals surface area contributed by atoms with Crippen LogP contribution in [0.2, 0.25) is 0 Å². The number of para-hydroxylation sites is 1. The standard InChI is InChI=1S/C14H12OS/c1-9-10(8-16)6-7-12-11-4-2-3-5-13(11)15-14(9)12/h2-7,16H,8H2,1H3. The Morgan fingerprint density at radius 2 is 1.88 bits per heavy atom. The summed E-state index contributed by atoms with van der Waals surface area (Å²) in [4.78, 5) is 0. The van der Waals surface area contributed by atoms with E-state index in [0.29, 0.717) is 0 Å². The van der Waals surface area contributed by atoms with E-state index in [1.165, 1.54) is 21.9 Å². The van der Waals surface area contributed by atoms with Gasteiger partial charge in [-0.3, -0.25) is 0 Å². The molecule has 0 unspecified atom stereocenters. The first kappa shape index (κ1) is 9.79. The summed E-state index contributed by atoms with van der Waals surface area (Å²) in [5, 5.41) is 2.38. The lowest BCUT2D eigenvalue weighted by atomic mass is 10.1. The molecule has 0 bridgehead atoms. The zero-order valence-electron chi connectivity index (χ0n) is 9.03. The lowest BCUT2D eigenvalue weighted by Crippen LogP contribution is -1.84. The number of aryl methyl sites for hydroxylation is 1. The van der Waals surface area contributed by atoms with Gasteiger partial charge < -0.3 is 4.42 Å². The molecule has 0 aliphatic heterocycles. The molecule has 0 aliphatic rings. The molecular weight excluding hydrogens is 216 g/mol. The van der Waals surface area contributed by atoms with Crippen molar-refractivity contribution in [1.82, 2.24) is 0 Å². The molecule has 16 heavy (non-hydrogen) atoms. The number of thiol groups is 1. The molecule has 0 amide bonds. The Morgan fingerprint density at radius 1 is 1.06 bits per heavy atom. The molecule has 0 aliphatic carbocycles. The van der Waals surface area contributed by atoms with Crippen molar-refractivity contribution in [3.05, 3.63) is 47.5 Å². The first-order chi connectivity index (χ1) is 7.81. The van der Waals surface area contributed by atoms with Gasteiger partial charge in [-0.1, -0.05) is 30.3 Å². The molecule has 0 N–H and O–H groups in total. The lowest BCUT2D eigenvalue weighted by molar-refractivity contribution is 0.665. The summed E-state index contributed by atoms with van der Waals surface area (Å²) in [6.07, 6.45) is 0. The van der Waals surface area contributed by atoms with Crippen molar-refractivity contribution in [2.45, 2.75) is 12.7 Å². The second-order valence-electron chi connectivity index (χ2n) is 3.98. The molecule has 0 saturated carbocycles. The molecule has 0 saturated heterocycles. The third-order valence-electron chi connectivity index (χ3n) is 3.08. The van der Waals surface area contributed by atoms with E-state index in [9.17, 15) is 0 Å². The van der Waals surface area contributed by atoms with E-state index < -0.39 is 0 Å². The van der Waals surface area contributed by atoms with Crippen LogP contribution in [0, 0.1) is 6.92 Å². The van der Waals surface area contributed by atoms with Crippen LogP contribution >= 0.6 is 12.6 Å². The zero-order valence-corrected chi connectivity index (χ0v) is 9.92. The van der Waals surface area contributed by atoms with Crippen LogP contribution in [0.5, 0.6) is 0 Å². The van der Waals surface area contributed by atoms with Crippen molar-refractivity contribution in [3.8, 4) is 0 Å². The van der Waals surface area contributed by atoms with Crippen molar-refractivity contribution in [2.24, 2.45) is 0 Å². The molecule has 3 aromatic rings. The highest BCUT2D eigenvalue weighted by Crippen LogP contribution is 2.32. The fourth-order valence-electron chi connectivity index (χ4n) is 2.14. The van der Waals surface area contributed by atoms with Crippen LogP contribution in [0.1, 0.15) is 11.1 Å². The van der Waals surface area contributed by atoms with E-state index in [2.05, 4.69) is 37.8 Å². The molecule has 3 rings (SSSR count). The van der Waals surface area contributed by atoms with Crippen LogP contribution in [0.4, 0.5) is 0 Å². The maximum atomic E-state index is 5.89. The van der Waals surface area contributed by atoms with Gasteiger partial charge in [-0.25, -0.2) is 0 Å². The lowest BCUT2D eigenvalue weighted by Gasteiger charge is -2.01. The predicted octanol–water partition coefficient (Wildman–Crippen LogP) is 4.32. The van der Waals surface area contributed by atoms with Gasteiger partial charge in [0.1, 0.15) is 11.2 Å². The Balaban J connectivity index is 2.49. The fraction of sp³-hybridized carbons (Fsp3) is 0.143. The van der Waals surface area contributed by atoms with E-state index >= 15 is 0 Å². The normalized spacial score (nSPS) is 11.4. The van der Waals surface area contributed by atoms with Crippen molar-refractivity contribution < 1.29 is 4.42 Å². The summed E-state index contributed by atoms with van der Waals surface area (Å²) < 4.78 is 5.89. The maximum Gasteiger partial charge on any atom is 0.138 e. The number of fused-ring (bicyclic) bond motifs is 3. The average molecular weight is 228 g/mol. The highest BCUT2D eigenvalue weighted by Gasteiger charge is 2.10. The van der Waals surface area contributed by atoms with Gasteiger partial charge in [-0.2, -0.15) is 12.6 Å².